The second kappa shape index (κ2) is 9.71. The highest BCUT2D eigenvalue weighted by atomic mass is 19.3. The third kappa shape index (κ3) is 5.05. The Morgan fingerprint density at radius 2 is 1.87 bits per heavy atom. The molecule has 2 aliphatic rings. The molecule has 2 N–H and O–H groups in total. The van der Waals surface area contributed by atoms with Gasteiger partial charge in [0.2, 0.25) is 11.8 Å². The van der Waals surface area contributed by atoms with Gasteiger partial charge in [-0.2, -0.15) is 0 Å². The number of halogens is 3. The van der Waals surface area contributed by atoms with Gasteiger partial charge in [-0.1, -0.05) is 44.2 Å². The van der Waals surface area contributed by atoms with Crippen LogP contribution in [0.15, 0.2) is 48.7 Å². The van der Waals surface area contributed by atoms with Gasteiger partial charge in [-0.15, -0.1) is 0 Å². The van der Waals surface area contributed by atoms with Gasteiger partial charge >= 0.3 is 0 Å². The fourth-order valence-electron chi connectivity index (χ4n) is 5.92. The molecule has 1 aromatic heterocycles. The Kier molecular flexibility index (Phi) is 6.79. The molecule has 5 rings (SSSR count). The molecule has 39 heavy (non-hydrogen) atoms. The molecule has 9 heteroatoms. The molecular weight excluding hydrogens is 507 g/mol. The first-order chi connectivity index (χ1) is 18.3. The van der Waals surface area contributed by atoms with E-state index in [9.17, 15) is 23.5 Å². The lowest BCUT2D eigenvalue weighted by Gasteiger charge is -2.50. The van der Waals surface area contributed by atoms with Crippen LogP contribution in [-0.2, 0) is 27.7 Å². The largest absolute Gasteiger partial charge is 0.384 e. The highest BCUT2D eigenvalue weighted by molar-refractivity contribution is 6.01. The molecule has 0 radical (unpaired) electrons. The first kappa shape index (κ1) is 27.3. The van der Waals surface area contributed by atoms with Gasteiger partial charge < -0.3 is 5.11 Å². The Morgan fingerprint density at radius 1 is 1.15 bits per heavy atom. The highest BCUT2D eigenvalue weighted by Gasteiger charge is 2.50. The Morgan fingerprint density at radius 3 is 2.51 bits per heavy atom. The van der Waals surface area contributed by atoms with E-state index in [1.807, 2.05) is 13.8 Å². The number of amides is 2. The number of carbonyl (C=O) groups is 2. The second-order valence-electron chi connectivity index (χ2n) is 11.6. The van der Waals surface area contributed by atoms with E-state index < -0.39 is 34.6 Å². The average Bonchev–Trinajstić information content (AvgIpc) is 2.86. The highest BCUT2D eigenvalue weighted by Crippen LogP contribution is 2.48. The minimum Gasteiger partial charge on any atom is -0.384 e. The van der Waals surface area contributed by atoms with Crippen molar-refractivity contribution in [2.24, 2.45) is 5.41 Å². The maximum Gasteiger partial charge on any atom is 0.270 e. The van der Waals surface area contributed by atoms with Gasteiger partial charge in [-0.05, 0) is 36.1 Å². The van der Waals surface area contributed by atoms with Crippen molar-refractivity contribution in [2.75, 3.05) is 13.1 Å². The monoisotopic (exact) mass is 539 g/mol. The van der Waals surface area contributed by atoms with Crippen LogP contribution in [0.1, 0.15) is 68.2 Å². The number of hydrogen-bond acceptors (Lipinski definition) is 5. The number of nitrogens with zero attached hydrogens (tertiary/aromatic N) is 2. The molecule has 0 saturated carbocycles. The van der Waals surface area contributed by atoms with Gasteiger partial charge in [0.05, 0.1) is 17.0 Å². The lowest BCUT2D eigenvalue weighted by Crippen LogP contribution is -2.55. The first-order valence-electron chi connectivity index (χ1n) is 13.1. The lowest BCUT2D eigenvalue weighted by atomic mass is 9.66. The zero-order valence-electron chi connectivity index (χ0n) is 22.2. The maximum absolute atomic E-state index is 16.1. The summed E-state index contributed by atoms with van der Waals surface area (Å²) in [6.45, 7) is 6.12. The Hall–Kier alpha value is -3.30. The number of rotatable bonds is 5. The van der Waals surface area contributed by atoms with E-state index in [1.54, 1.807) is 30.3 Å². The number of aromatic nitrogens is 1. The predicted octanol–water partition coefficient (Wildman–Crippen LogP) is 5.13. The topological polar surface area (TPSA) is 82.5 Å². The minimum atomic E-state index is -2.90. The van der Waals surface area contributed by atoms with Crippen molar-refractivity contribution in [1.29, 1.82) is 0 Å². The van der Waals surface area contributed by atoms with Gasteiger partial charge in [-0.3, -0.25) is 24.8 Å². The van der Waals surface area contributed by atoms with Crippen LogP contribution in [0.3, 0.4) is 0 Å². The molecule has 2 amide bonds. The SMILES string of the molecule is CC(F)(F)c1ccc(CN2CCC(O)(c3ccc4ncc(C5CCC(=O)NC5=O)cc4c3F)C(C)(C)C2)cc1. The molecule has 2 aromatic carbocycles. The van der Waals surface area contributed by atoms with E-state index in [1.165, 1.54) is 18.3 Å². The van der Waals surface area contributed by atoms with Gasteiger partial charge in [0, 0.05) is 61.1 Å². The van der Waals surface area contributed by atoms with Crippen LogP contribution in [0, 0.1) is 11.2 Å². The molecule has 2 aliphatic heterocycles. The van der Waals surface area contributed by atoms with Crippen LogP contribution in [-0.4, -0.2) is 39.9 Å². The van der Waals surface area contributed by atoms with Gasteiger partial charge in [0.15, 0.2) is 0 Å². The number of nitrogens with one attached hydrogen (secondary N) is 1. The number of benzene rings is 2. The number of imide groups is 1. The molecule has 0 spiro atoms. The van der Waals surface area contributed by atoms with E-state index in [0.29, 0.717) is 37.1 Å². The van der Waals surface area contributed by atoms with Crippen molar-refractivity contribution in [3.63, 3.8) is 0 Å². The summed E-state index contributed by atoms with van der Waals surface area (Å²) in [6, 6.07) is 11.1. The molecule has 206 valence electrons. The van der Waals surface area contributed by atoms with Crippen molar-refractivity contribution in [1.82, 2.24) is 15.2 Å². The molecular formula is C30H32F3N3O3. The molecule has 3 aromatic rings. The number of hydrogen-bond donors (Lipinski definition) is 2. The van der Waals surface area contributed by atoms with Gasteiger partial charge in [0.1, 0.15) is 5.82 Å². The number of likely N-dealkylation sites (tertiary alicyclic amines) is 1. The van der Waals surface area contributed by atoms with Crippen molar-refractivity contribution in [3.8, 4) is 0 Å². The van der Waals surface area contributed by atoms with E-state index in [0.717, 1.165) is 12.5 Å². The summed E-state index contributed by atoms with van der Waals surface area (Å²) in [5, 5.41) is 14.5. The maximum atomic E-state index is 16.1. The van der Waals surface area contributed by atoms with Gasteiger partial charge in [-0.25, -0.2) is 13.2 Å². The van der Waals surface area contributed by atoms with E-state index in [-0.39, 0.29) is 35.3 Å². The van der Waals surface area contributed by atoms with Crippen molar-refractivity contribution < 1.29 is 27.9 Å². The van der Waals surface area contributed by atoms with E-state index >= 15 is 4.39 Å². The Labute approximate surface area is 225 Å². The zero-order valence-corrected chi connectivity index (χ0v) is 22.2. The van der Waals surface area contributed by atoms with Crippen molar-refractivity contribution in [2.45, 2.75) is 64.0 Å². The number of fused-ring (bicyclic) bond motifs is 1. The lowest BCUT2D eigenvalue weighted by molar-refractivity contribution is -0.134. The summed E-state index contributed by atoms with van der Waals surface area (Å²) >= 11 is 0. The quantitative estimate of drug-likeness (QED) is 0.440. The number of aliphatic hydroxyl groups is 1. The summed E-state index contributed by atoms with van der Waals surface area (Å²) in [6.07, 6.45) is 2.34. The number of alkyl halides is 2. The molecule has 0 bridgehead atoms. The summed E-state index contributed by atoms with van der Waals surface area (Å²) in [4.78, 5) is 30.4. The van der Waals surface area contributed by atoms with E-state index in [2.05, 4.69) is 15.2 Å². The smallest absolute Gasteiger partial charge is 0.270 e. The zero-order chi connectivity index (χ0) is 28.2. The summed E-state index contributed by atoms with van der Waals surface area (Å²) in [7, 11) is 0. The van der Waals surface area contributed by atoms with Crippen LogP contribution < -0.4 is 5.32 Å². The summed E-state index contributed by atoms with van der Waals surface area (Å²) in [5.74, 6) is -4.82. The predicted molar refractivity (Wildman–Crippen MR) is 140 cm³/mol. The molecule has 2 atom stereocenters. The first-order valence-corrected chi connectivity index (χ1v) is 13.1. The summed E-state index contributed by atoms with van der Waals surface area (Å²) in [5.41, 5.74) is -0.263. The van der Waals surface area contributed by atoms with Crippen LogP contribution in [0.2, 0.25) is 0 Å². The van der Waals surface area contributed by atoms with Crippen LogP contribution in [0.5, 0.6) is 0 Å². The summed E-state index contributed by atoms with van der Waals surface area (Å²) < 4.78 is 43.2. The van der Waals surface area contributed by atoms with Crippen LogP contribution in [0.4, 0.5) is 13.2 Å². The Bertz CT molecular complexity index is 1440. The standard InChI is InChI=1S/C30H32F3N3O3/c1-28(2)17-36(16-18-4-6-20(7-5-18)29(3,32)33)13-12-30(28,39)23-9-10-24-22(26(23)31)14-19(15-34-24)21-8-11-25(37)35-27(21)38/h4-7,9-10,14-15,21,39H,8,11-13,16-17H2,1-3H3,(H,35,37,38). The second-order valence-corrected chi connectivity index (χ2v) is 11.6. The van der Waals surface area contributed by atoms with Crippen molar-refractivity contribution >= 4 is 22.7 Å². The normalized spacial score (nSPS) is 24.1. The molecule has 6 nitrogen and oxygen atoms in total. The van der Waals surface area contributed by atoms with Crippen LogP contribution in [0.25, 0.3) is 10.9 Å². The third-order valence-corrected chi connectivity index (χ3v) is 8.30. The number of carbonyl (C=O) groups excluding carboxylic acids is 2. The third-order valence-electron chi connectivity index (χ3n) is 8.30. The van der Waals surface area contributed by atoms with Crippen molar-refractivity contribution in [3.05, 3.63) is 76.7 Å². The molecule has 2 saturated heterocycles. The number of piperidine rings is 2. The fourth-order valence-corrected chi connectivity index (χ4v) is 5.92. The van der Waals surface area contributed by atoms with Crippen LogP contribution >= 0.6 is 0 Å². The average molecular weight is 540 g/mol. The van der Waals surface area contributed by atoms with Gasteiger partial charge in [0.25, 0.3) is 5.92 Å². The molecule has 0 aliphatic carbocycles. The fraction of sp³-hybridized carbons (Fsp3) is 0.433. The Balaban J connectivity index is 1.40. The molecule has 2 unspecified atom stereocenters. The molecule has 2 fully saturated rings. The number of pyridine rings is 1. The molecule has 3 heterocycles. The minimum absolute atomic E-state index is 0.0402. The van der Waals surface area contributed by atoms with E-state index in [4.69, 9.17) is 0 Å².